The summed E-state index contributed by atoms with van der Waals surface area (Å²) in [6.07, 6.45) is 0. The van der Waals surface area contributed by atoms with Crippen LogP contribution in [0.4, 0.5) is 0 Å². The normalized spacial score (nSPS) is 25.9. The molecule has 0 saturated carbocycles. The zero-order valence-corrected chi connectivity index (χ0v) is 10.0. The van der Waals surface area contributed by atoms with Crippen LogP contribution in [0.25, 0.3) is 0 Å². The Morgan fingerprint density at radius 3 is 2.50 bits per heavy atom. The average molecular weight is 220 g/mol. The van der Waals surface area contributed by atoms with E-state index in [1.54, 1.807) is 0 Å². The zero-order chi connectivity index (χ0) is 11.5. The van der Waals surface area contributed by atoms with E-state index >= 15 is 0 Å². The molecule has 1 fully saturated rings. The van der Waals surface area contributed by atoms with E-state index in [0.29, 0.717) is 12.5 Å². The molecule has 0 aromatic heterocycles. The highest BCUT2D eigenvalue weighted by molar-refractivity contribution is 5.31. The maximum absolute atomic E-state index is 6.13. The summed E-state index contributed by atoms with van der Waals surface area (Å²) in [5, 5.41) is 0. The van der Waals surface area contributed by atoms with Crippen LogP contribution in [-0.4, -0.2) is 37.7 Å². The lowest BCUT2D eigenvalue weighted by molar-refractivity contribution is 0.340. The largest absolute Gasteiger partial charge is 0.494 e. The molecule has 1 aliphatic heterocycles. The summed E-state index contributed by atoms with van der Waals surface area (Å²) in [4.78, 5) is 2.28. The standard InChI is InChI=1S/C13H20N2O/c1-3-16-11-6-4-10(5-7-11)12-8-15(2)9-13(12)14/h4-7,12-13H,3,8-9,14H2,1-2H3. The van der Waals surface area contributed by atoms with Crippen molar-refractivity contribution < 1.29 is 4.74 Å². The molecule has 1 aromatic rings. The van der Waals surface area contributed by atoms with Gasteiger partial charge in [-0.1, -0.05) is 12.1 Å². The average Bonchev–Trinajstić information content (AvgIpc) is 2.59. The molecule has 1 aromatic carbocycles. The van der Waals surface area contributed by atoms with Crippen molar-refractivity contribution in [1.82, 2.24) is 4.90 Å². The minimum Gasteiger partial charge on any atom is -0.494 e. The van der Waals surface area contributed by atoms with Crippen LogP contribution >= 0.6 is 0 Å². The Bertz CT molecular complexity index is 336. The van der Waals surface area contributed by atoms with Gasteiger partial charge >= 0.3 is 0 Å². The Morgan fingerprint density at radius 1 is 1.31 bits per heavy atom. The van der Waals surface area contributed by atoms with Crippen LogP contribution < -0.4 is 10.5 Å². The first-order chi connectivity index (χ1) is 7.70. The highest BCUT2D eigenvalue weighted by atomic mass is 16.5. The molecule has 0 bridgehead atoms. The van der Waals surface area contributed by atoms with Gasteiger partial charge in [-0.25, -0.2) is 0 Å². The summed E-state index contributed by atoms with van der Waals surface area (Å²) in [5.41, 5.74) is 7.44. The van der Waals surface area contributed by atoms with E-state index in [-0.39, 0.29) is 6.04 Å². The van der Waals surface area contributed by atoms with Crippen molar-refractivity contribution in [2.24, 2.45) is 5.73 Å². The molecule has 1 saturated heterocycles. The summed E-state index contributed by atoms with van der Waals surface area (Å²) in [6, 6.07) is 8.58. The fraction of sp³-hybridized carbons (Fsp3) is 0.538. The van der Waals surface area contributed by atoms with Crippen LogP contribution in [0.15, 0.2) is 24.3 Å². The Labute approximate surface area is 97.2 Å². The molecule has 2 N–H and O–H groups in total. The third kappa shape index (κ3) is 2.36. The van der Waals surface area contributed by atoms with Crippen molar-refractivity contribution in [2.45, 2.75) is 18.9 Å². The third-order valence-corrected chi connectivity index (χ3v) is 3.17. The molecular formula is C13H20N2O. The fourth-order valence-corrected chi connectivity index (χ4v) is 2.36. The first-order valence-electron chi connectivity index (χ1n) is 5.87. The Hall–Kier alpha value is -1.06. The second-order valence-corrected chi connectivity index (χ2v) is 4.49. The van der Waals surface area contributed by atoms with Gasteiger partial charge < -0.3 is 15.4 Å². The Kier molecular flexibility index (Phi) is 3.46. The van der Waals surface area contributed by atoms with E-state index in [1.165, 1.54) is 5.56 Å². The molecule has 2 atom stereocenters. The number of rotatable bonds is 3. The molecule has 16 heavy (non-hydrogen) atoms. The van der Waals surface area contributed by atoms with Crippen LogP contribution in [0.1, 0.15) is 18.4 Å². The predicted octanol–water partition coefficient (Wildman–Crippen LogP) is 1.44. The van der Waals surface area contributed by atoms with Crippen molar-refractivity contribution in [2.75, 3.05) is 26.7 Å². The van der Waals surface area contributed by atoms with E-state index in [1.807, 2.05) is 19.1 Å². The summed E-state index contributed by atoms with van der Waals surface area (Å²) in [5.74, 6) is 1.40. The molecule has 0 aliphatic carbocycles. The summed E-state index contributed by atoms with van der Waals surface area (Å²) >= 11 is 0. The maximum atomic E-state index is 6.13. The molecule has 2 rings (SSSR count). The van der Waals surface area contributed by atoms with Crippen LogP contribution in [-0.2, 0) is 0 Å². The monoisotopic (exact) mass is 220 g/mol. The number of benzene rings is 1. The molecule has 2 unspecified atom stereocenters. The highest BCUT2D eigenvalue weighted by Gasteiger charge is 2.28. The molecule has 3 nitrogen and oxygen atoms in total. The second kappa shape index (κ2) is 4.85. The molecular weight excluding hydrogens is 200 g/mol. The van der Waals surface area contributed by atoms with Gasteiger partial charge in [-0.05, 0) is 31.7 Å². The van der Waals surface area contributed by atoms with Crippen molar-refractivity contribution in [1.29, 1.82) is 0 Å². The molecule has 0 amide bonds. The third-order valence-electron chi connectivity index (χ3n) is 3.17. The topological polar surface area (TPSA) is 38.5 Å². The number of likely N-dealkylation sites (N-methyl/N-ethyl adjacent to an activating group) is 1. The Balaban J connectivity index is 2.09. The number of hydrogen-bond donors (Lipinski definition) is 1. The van der Waals surface area contributed by atoms with Gasteiger partial charge in [0, 0.05) is 25.0 Å². The van der Waals surface area contributed by atoms with Gasteiger partial charge in [0.2, 0.25) is 0 Å². The number of nitrogens with two attached hydrogens (primary N) is 1. The van der Waals surface area contributed by atoms with E-state index in [9.17, 15) is 0 Å². The van der Waals surface area contributed by atoms with Crippen LogP contribution in [0.5, 0.6) is 5.75 Å². The summed E-state index contributed by atoms with van der Waals surface area (Å²) < 4.78 is 5.43. The smallest absolute Gasteiger partial charge is 0.119 e. The van der Waals surface area contributed by atoms with Gasteiger partial charge in [0.05, 0.1) is 6.61 Å². The van der Waals surface area contributed by atoms with E-state index in [2.05, 4.69) is 24.1 Å². The molecule has 0 radical (unpaired) electrons. The quantitative estimate of drug-likeness (QED) is 0.837. The first-order valence-corrected chi connectivity index (χ1v) is 5.87. The number of ether oxygens (including phenoxy) is 1. The van der Waals surface area contributed by atoms with Gasteiger partial charge in [0.15, 0.2) is 0 Å². The molecule has 1 aliphatic rings. The van der Waals surface area contributed by atoms with E-state index in [4.69, 9.17) is 10.5 Å². The van der Waals surface area contributed by atoms with Crippen molar-refractivity contribution in [3.05, 3.63) is 29.8 Å². The van der Waals surface area contributed by atoms with Gasteiger partial charge in [0.1, 0.15) is 5.75 Å². The molecule has 0 spiro atoms. The highest BCUT2D eigenvalue weighted by Crippen LogP contribution is 2.26. The lowest BCUT2D eigenvalue weighted by Gasteiger charge is -2.15. The van der Waals surface area contributed by atoms with Gasteiger partial charge in [-0.2, -0.15) is 0 Å². The van der Waals surface area contributed by atoms with Crippen LogP contribution in [0.2, 0.25) is 0 Å². The van der Waals surface area contributed by atoms with Gasteiger partial charge in [0.25, 0.3) is 0 Å². The summed E-state index contributed by atoms with van der Waals surface area (Å²) in [6.45, 7) is 4.74. The minimum absolute atomic E-state index is 0.253. The number of hydrogen-bond acceptors (Lipinski definition) is 3. The van der Waals surface area contributed by atoms with Gasteiger partial charge in [-0.15, -0.1) is 0 Å². The molecule has 1 heterocycles. The second-order valence-electron chi connectivity index (χ2n) is 4.49. The van der Waals surface area contributed by atoms with E-state index < -0.39 is 0 Å². The SMILES string of the molecule is CCOc1ccc(C2CN(C)CC2N)cc1. The minimum atomic E-state index is 0.253. The number of nitrogens with zero attached hydrogens (tertiary/aromatic N) is 1. The first kappa shape index (κ1) is 11.4. The fourth-order valence-electron chi connectivity index (χ4n) is 2.36. The maximum Gasteiger partial charge on any atom is 0.119 e. The van der Waals surface area contributed by atoms with E-state index in [0.717, 1.165) is 18.8 Å². The van der Waals surface area contributed by atoms with Crippen molar-refractivity contribution >= 4 is 0 Å². The zero-order valence-electron chi connectivity index (χ0n) is 10.0. The molecule has 3 heteroatoms. The van der Waals surface area contributed by atoms with Crippen LogP contribution in [0, 0.1) is 0 Å². The lowest BCUT2D eigenvalue weighted by atomic mass is 9.95. The number of likely N-dealkylation sites (tertiary alicyclic amines) is 1. The van der Waals surface area contributed by atoms with Crippen molar-refractivity contribution in [3.8, 4) is 5.75 Å². The molecule has 88 valence electrons. The van der Waals surface area contributed by atoms with Crippen LogP contribution in [0.3, 0.4) is 0 Å². The predicted molar refractivity (Wildman–Crippen MR) is 65.8 cm³/mol. The Morgan fingerprint density at radius 2 is 2.00 bits per heavy atom. The lowest BCUT2D eigenvalue weighted by Crippen LogP contribution is -2.27. The van der Waals surface area contributed by atoms with Crippen molar-refractivity contribution in [3.63, 3.8) is 0 Å². The van der Waals surface area contributed by atoms with Gasteiger partial charge in [-0.3, -0.25) is 0 Å². The summed E-state index contributed by atoms with van der Waals surface area (Å²) in [7, 11) is 2.12.